The Morgan fingerprint density at radius 3 is 3.00 bits per heavy atom. The largest absolute Gasteiger partial charge is 0.493 e. The first kappa shape index (κ1) is 16.4. The summed E-state index contributed by atoms with van der Waals surface area (Å²) in [6.07, 6.45) is 4.07. The highest BCUT2D eigenvalue weighted by Crippen LogP contribution is 2.25. The third-order valence-electron chi connectivity index (χ3n) is 4.47. The molecule has 24 heavy (non-hydrogen) atoms. The third-order valence-corrected chi connectivity index (χ3v) is 4.47. The molecule has 0 saturated heterocycles. The van der Waals surface area contributed by atoms with E-state index in [0.29, 0.717) is 0 Å². The SMILES string of the molecule is CN=C(NCCc1ccc2c(c1)CCO2)N(C)Cc1cccn1C. The Labute approximate surface area is 144 Å². The van der Waals surface area contributed by atoms with Crippen LogP contribution in [0.5, 0.6) is 5.75 Å². The summed E-state index contributed by atoms with van der Waals surface area (Å²) in [5.74, 6) is 1.96. The number of rotatable bonds is 5. The molecule has 1 N–H and O–H groups in total. The lowest BCUT2D eigenvalue weighted by Gasteiger charge is -2.22. The van der Waals surface area contributed by atoms with Crippen molar-refractivity contribution < 1.29 is 4.74 Å². The van der Waals surface area contributed by atoms with Gasteiger partial charge in [0.25, 0.3) is 0 Å². The number of hydrogen-bond donors (Lipinski definition) is 1. The highest BCUT2D eigenvalue weighted by atomic mass is 16.5. The molecule has 1 aromatic heterocycles. The fraction of sp³-hybridized carbons (Fsp3) is 0.421. The lowest BCUT2D eigenvalue weighted by atomic mass is 10.1. The average Bonchev–Trinajstić information content (AvgIpc) is 3.20. The highest BCUT2D eigenvalue weighted by molar-refractivity contribution is 5.79. The minimum absolute atomic E-state index is 0.813. The number of benzene rings is 1. The summed E-state index contributed by atoms with van der Waals surface area (Å²) < 4.78 is 7.70. The lowest BCUT2D eigenvalue weighted by molar-refractivity contribution is 0.357. The first-order chi connectivity index (χ1) is 11.7. The van der Waals surface area contributed by atoms with Crippen molar-refractivity contribution in [2.75, 3.05) is 27.2 Å². The first-order valence-corrected chi connectivity index (χ1v) is 8.44. The van der Waals surface area contributed by atoms with E-state index in [-0.39, 0.29) is 0 Å². The Morgan fingerprint density at radius 2 is 2.25 bits per heavy atom. The molecule has 5 heteroatoms. The van der Waals surface area contributed by atoms with Crippen LogP contribution in [-0.4, -0.2) is 42.7 Å². The number of ether oxygens (including phenoxy) is 1. The van der Waals surface area contributed by atoms with Gasteiger partial charge < -0.3 is 19.5 Å². The van der Waals surface area contributed by atoms with E-state index in [4.69, 9.17) is 4.74 Å². The van der Waals surface area contributed by atoms with E-state index in [1.165, 1.54) is 16.8 Å². The van der Waals surface area contributed by atoms with Crippen molar-refractivity contribution in [3.05, 3.63) is 53.3 Å². The number of hydrogen-bond acceptors (Lipinski definition) is 2. The molecule has 3 rings (SSSR count). The van der Waals surface area contributed by atoms with E-state index >= 15 is 0 Å². The summed E-state index contributed by atoms with van der Waals surface area (Å²) in [6.45, 7) is 2.51. The zero-order valence-corrected chi connectivity index (χ0v) is 14.7. The van der Waals surface area contributed by atoms with Crippen molar-refractivity contribution in [1.29, 1.82) is 0 Å². The van der Waals surface area contributed by atoms with Gasteiger partial charge in [-0.1, -0.05) is 12.1 Å². The molecule has 0 aliphatic carbocycles. The monoisotopic (exact) mass is 326 g/mol. The van der Waals surface area contributed by atoms with Gasteiger partial charge in [-0.2, -0.15) is 0 Å². The number of fused-ring (bicyclic) bond motifs is 1. The molecule has 0 saturated carbocycles. The van der Waals surface area contributed by atoms with Gasteiger partial charge in [0.15, 0.2) is 5.96 Å². The van der Waals surface area contributed by atoms with Gasteiger partial charge in [-0.25, -0.2) is 0 Å². The van der Waals surface area contributed by atoms with Gasteiger partial charge in [0.05, 0.1) is 13.2 Å². The van der Waals surface area contributed by atoms with Crippen LogP contribution in [0.2, 0.25) is 0 Å². The molecule has 0 fully saturated rings. The molecule has 0 amide bonds. The molecule has 5 nitrogen and oxygen atoms in total. The first-order valence-electron chi connectivity index (χ1n) is 8.44. The van der Waals surface area contributed by atoms with Gasteiger partial charge in [-0.05, 0) is 35.7 Å². The van der Waals surface area contributed by atoms with Gasteiger partial charge in [0.2, 0.25) is 0 Å². The quantitative estimate of drug-likeness (QED) is 0.677. The number of guanidine groups is 1. The van der Waals surface area contributed by atoms with E-state index in [0.717, 1.165) is 44.2 Å². The zero-order valence-electron chi connectivity index (χ0n) is 14.7. The minimum atomic E-state index is 0.813. The lowest BCUT2D eigenvalue weighted by Crippen LogP contribution is -2.39. The van der Waals surface area contributed by atoms with Crippen molar-refractivity contribution in [3.63, 3.8) is 0 Å². The van der Waals surface area contributed by atoms with Crippen LogP contribution in [0.3, 0.4) is 0 Å². The fourth-order valence-corrected chi connectivity index (χ4v) is 3.08. The molecular weight excluding hydrogens is 300 g/mol. The van der Waals surface area contributed by atoms with E-state index in [2.05, 4.69) is 70.4 Å². The molecule has 128 valence electrons. The second-order valence-electron chi connectivity index (χ2n) is 6.23. The van der Waals surface area contributed by atoms with Crippen LogP contribution in [0.1, 0.15) is 16.8 Å². The Hall–Kier alpha value is -2.43. The van der Waals surface area contributed by atoms with Crippen LogP contribution in [-0.2, 0) is 26.4 Å². The van der Waals surface area contributed by atoms with Gasteiger partial charge in [0.1, 0.15) is 5.75 Å². The van der Waals surface area contributed by atoms with Gasteiger partial charge in [-0.3, -0.25) is 4.99 Å². The molecular formula is C19H26N4O. The summed E-state index contributed by atoms with van der Waals surface area (Å²) in [4.78, 5) is 6.53. The van der Waals surface area contributed by atoms with Gasteiger partial charge in [-0.15, -0.1) is 0 Å². The molecule has 0 spiro atoms. The Bertz CT molecular complexity index is 720. The summed E-state index contributed by atoms with van der Waals surface area (Å²) in [5, 5.41) is 3.45. The maximum Gasteiger partial charge on any atom is 0.193 e. The van der Waals surface area contributed by atoms with Crippen molar-refractivity contribution in [3.8, 4) is 5.75 Å². The fourth-order valence-electron chi connectivity index (χ4n) is 3.08. The van der Waals surface area contributed by atoms with Crippen LogP contribution in [0.15, 0.2) is 41.5 Å². The Balaban J connectivity index is 1.51. The predicted octanol–water partition coefficient (Wildman–Crippen LogP) is 2.21. The van der Waals surface area contributed by atoms with E-state index in [9.17, 15) is 0 Å². The number of nitrogens with zero attached hydrogens (tertiary/aromatic N) is 3. The van der Waals surface area contributed by atoms with Crippen molar-refractivity contribution in [1.82, 2.24) is 14.8 Å². The van der Waals surface area contributed by atoms with Crippen LogP contribution >= 0.6 is 0 Å². The number of aliphatic imine (C=N–C) groups is 1. The van der Waals surface area contributed by atoms with Crippen molar-refractivity contribution >= 4 is 5.96 Å². The number of aryl methyl sites for hydroxylation is 1. The number of nitrogens with one attached hydrogen (secondary N) is 1. The minimum Gasteiger partial charge on any atom is -0.493 e. The second-order valence-corrected chi connectivity index (χ2v) is 6.23. The molecule has 1 aromatic carbocycles. The summed E-state index contributed by atoms with van der Waals surface area (Å²) in [7, 11) is 5.96. The van der Waals surface area contributed by atoms with Gasteiger partial charge >= 0.3 is 0 Å². The normalized spacial score (nSPS) is 13.5. The molecule has 0 bridgehead atoms. The Morgan fingerprint density at radius 1 is 1.38 bits per heavy atom. The Kier molecular flexibility index (Phi) is 5.08. The second kappa shape index (κ2) is 7.43. The van der Waals surface area contributed by atoms with Crippen LogP contribution in [0.4, 0.5) is 0 Å². The van der Waals surface area contributed by atoms with Crippen molar-refractivity contribution in [2.24, 2.45) is 12.0 Å². The maximum absolute atomic E-state index is 5.56. The molecule has 2 aromatic rings. The predicted molar refractivity (Wildman–Crippen MR) is 97.6 cm³/mol. The molecule has 1 aliphatic rings. The van der Waals surface area contributed by atoms with Crippen molar-refractivity contribution in [2.45, 2.75) is 19.4 Å². The molecule has 0 atom stereocenters. The van der Waals surface area contributed by atoms with Crippen LogP contribution < -0.4 is 10.1 Å². The summed E-state index contributed by atoms with van der Waals surface area (Å²) in [6, 6.07) is 10.7. The molecule has 2 heterocycles. The maximum atomic E-state index is 5.56. The third kappa shape index (κ3) is 3.72. The smallest absolute Gasteiger partial charge is 0.193 e. The highest BCUT2D eigenvalue weighted by Gasteiger charge is 2.12. The van der Waals surface area contributed by atoms with E-state index in [1.54, 1.807) is 0 Å². The zero-order chi connectivity index (χ0) is 16.9. The standard InChI is InChI=1S/C19H26N4O/c1-20-19(23(3)14-17-5-4-11-22(17)2)21-10-8-15-6-7-18-16(13-15)9-12-24-18/h4-7,11,13H,8-10,12,14H2,1-3H3,(H,20,21). The van der Waals surface area contributed by atoms with Crippen LogP contribution in [0.25, 0.3) is 0 Å². The van der Waals surface area contributed by atoms with Gasteiger partial charge in [0, 0.05) is 46.0 Å². The average molecular weight is 326 g/mol. The number of aromatic nitrogens is 1. The summed E-state index contributed by atoms with van der Waals surface area (Å²) in [5.41, 5.74) is 3.93. The molecule has 0 radical (unpaired) electrons. The van der Waals surface area contributed by atoms with E-state index < -0.39 is 0 Å². The topological polar surface area (TPSA) is 41.8 Å². The summed E-state index contributed by atoms with van der Waals surface area (Å²) >= 11 is 0. The molecule has 0 unspecified atom stereocenters. The van der Waals surface area contributed by atoms with Crippen LogP contribution in [0, 0.1) is 0 Å². The molecule has 1 aliphatic heterocycles. The van der Waals surface area contributed by atoms with E-state index in [1.807, 2.05) is 7.05 Å².